The Bertz CT molecular complexity index is 450. The zero-order valence-corrected chi connectivity index (χ0v) is 10.9. The highest BCUT2D eigenvalue weighted by Crippen LogP contribution is 2.19. The van der Waals surface area contributed by atoms with Crippen molar-refractivity contribution in [1.82, 2.24) is 5.32 Å². The number of nitrogens with one attached hydrogen (secondary N) is 1. The monoisotopic (exact) mass is 269 g/mol. The molecular formula is C13H16ClNO3. The van der Waals surface area contributed by atoms with Crippen molar-refractivity contribution in [1.29, 1.82) is 0 Å². The van der Waals surface area contributed by atoms with Crippen molar-refractivity contribution >= 4 is 17.5 Å². The molecule has 2 rings (SSSR count). The van der Waals surface area contributed by atoms with Crippen molar-refractivity contribution < 1.29 is 14.6 Å². The molecule has 1 aliphatic heterocycles. The molecule has 1 aromatic rings. The quantitative estimate of drug-likeness (QED) is 0.856. The van der Waals surface area contributed by atoms with Crippen LogP contribution in [-0.4, -0.2) is 36.4 Å². The average molecular weight is 270 g/mol. The molecule has 0 radical (unpaired) electrons. The first kappa shape index (κ1) is 13.3. The fourth-order valence-corrected chi connectivity index (χ4v) is 2.17. The first-order chi connectivity index (χ1) is 8.59. The minimum absolute atomic E-state index is 0.207. The lowest BCUT2D eigenvalue weighted by Crippen LogP contribution is -2.48. The van der Waals surface area contributed by atoms with Crippen LogP contribution in [-0.2, 0) is 4.74 Å². The fourth-order valence-electron chi connectivity index (χ4n) is 1.99. The Kier molecular flexibility index (Phi) is 4.22. The number of hydrogen-bond acceptors (Lipinski definition) is 3. The van der Waals surface area contributed by atoms with Gasteiger partial charge in [0.2, 0.25) is 0 Å². The van der Waals surface area contributed by atoms with E-state index in [0.29, 0.717) is 23.6 Å². The summed E-state index contributed by atoms with van der Waals surface area (Å²) in [6.45, 7) is 2.62. The highest BCUT2D eigenvalue weighted by Gasteiger charge is 2.26. The number of aliphatic hydroxyl groups excluding tert-OH is 1. The number of benzene rings is 1. The number of ether oxygens (including phenoxy) is 1. The van der Waals surface area contributed by atoms with E-state index in [1.54, 1.807) is 25.1 Å². The second kappa shape index (κ2) is 5.69. The van der Waals surface area contributed by atoms with Gasteiger partial charge in [-0.25, -0.2) is 0 Å². The zero-order chi connectivity index (χ0) is 13.1. The van der Waals surface area contributed by atoms with Crippen LogP contribution in [0.1, 0.15) is 22.3 Å². The smallest absolute Gasteiger partial charge is 0.251 e. The van der Waals surface area contributed by atoms with Gasteiger partial charge in [-0.05, 0) is 31.0 Å². The Balaban J connectivity index is 2.09. The second-order valence-corrected chi connectivity index (χ2v) is 4.83. The van der Waals surface area contributed by atoms with Crippen LogP contribution in [0.3, 0.4) is 0 Å². The molecule has 1 saturated heterocycles. The van der Waals surface area contributed by atoms with Crippen LogP contribution in [0.5, 0.6) is 0 Å². The van der Waals surface area contributed by atoms with Gasteiger partial charge in [0, 0.05) is 17.2 Å². The molecule has 4 nitrogen and oxygen atoms in total. The molecule has 1 heterocycles. The first-order valence-electron chi connectivity index (χ1n) is 5.91. The molecular weight excluding hydrogens is 254 g/mol. The maximum atomic E-state index is 12.1. The van der Waals surface area contributed by atoms with E-state index in [-0.39, 0.29) is 18.6 Å². The summed E-state index contributed by atoms with van der Waals surface area (Å²) in [5.74, 6) is -0.207. The predicted octanol–water partition coefficient (Wildman–Crippen LogP) is 1.53. The van der Waals surface area contributed by atoms with Gasteiger partial charge in [-0.3, -0.25) is 4.79 Å². The lowest BCUT2D eigenvalue weighted by atomic mass is 10.0. The van der Waals surface area contributed by atoms with Gasteiger partial charge in [0.1, 0.15) is 0 Å². The molecule has 0 spiro atoms. The number of halogens is 1. The number of amides is 1. The van der Waals surface area contributed by atoms with E-state index in [0.717, 1.165) is 5.56 Å². The number of carbonyl (C=O) groups is 1. The lowest BCUT2D eigenvalue weighted by Gasteiger charge is -2.28. The van der Waals surface area contributed by atoms with Gasteiger partial charge in [0.05, 0.1) is 18.8 Å². The summed E-state index contributed by atoms with van der Waals surface area (Å²) in [5, 5.41) is 13.1. The summed E-state index contributed by atoms with van der Waals surface area (Å²) in [6, 6.07) is 4.95. The minimum atomic E-state index is -0.651. The van der Waals surface area contributed by atoms with Crippen LogP contribution in [0.25, 0.3) is 0 Å². The van der Waals surface area contributed by atoms with Gasteiger partial charge >= 0.3 is 0 Å². The predicted molar refractivity (Wildman–Crippen MR) is 68.9 cm³/mol. The molecule has 5 heteroatoms. The standard InChI is InChI=1S/C13H16ClNO3/c1-8-9(3-2-4-10(8)14)13(17)15-11-5-6-18-7-12(11)16/h2-4,11-12,16H,5-7H2,1H3,(H,15,17)/t11-,12-/m1/s1. The summed E-state index contributed by atoms with van der Waals surface area (Å²) in [5.41, 5.74) is 1.29. The highest BCUT2D eigenvalue weighted by molar-refractivity contribution is 6.31. The Hall–Kier alpha value is -1.10. The van der Waals surface area contributed by atoms with E-state index >= 15 is 0 Å². The van der Waals surface area contributed by atoms with Crippen molar-refractivity contribution in [2.45, 2.75) is 25.5 Å². The van der Waals surface area contributed by atoms with Crippen LogP contribution in [0.15, 0.2) is 18.2 Å². The molecule has 1 aromatic carbocycles. The van der Waals surface area contributed by atoms with E-state index in [1.807, 2.05) is 0 Å². The van der Waals surface area contributed by atoms with E-state index in [1.165, 1.54) is 0 Å². The lowest BCUT2D eigenvalue weighted by molar-refractivity contribution is -0.0260. The zero-order valence-electron chi connectivity index (χ0n) is 10.1. The highest BCUT2D eigenvalue weighted by atomic mass is 35.5. The first-order valence-corrected chi connectivity index (χ1v) is 6.29. The third kappa shape index (κ3) is 2.83. The maximum Gasteiger partial charge on any atom is 0.251 e. The summed E-state index contributed by atoms with van der Waals surface area (Å²) in [4.78, 5) is 12.1. The van der Waals surface area contributed by atoms with Crippen molar-refractivity contribution in [2.24, 2.45) is 0 Å². The molecule has 1 amide bonds. The topological polar surface area (TPSA) is 58.6 Å². The third-order valence-corrected chi connectivity index (χ3v) is 3.56. The minimum Gasteiger partial charge on any atom is -0.389 e. The second-order valence-electron chi connectivity index (χ2n) is 4.42. The molecule has 98 valence electrons. The molecule has 0 unspecified atom stereocenters. The normalized spacial score (nSPS) is 23.7. The molecule has 2 atom stereocenters. The summed E-state index contributed by atoms with van der Waals surface area (Å²) in [7, 11) is 0. The van der Waals surface area contributed by atoms with Gasteiger partial charge in [-0.2, -0.15) is 0 Å². The number of rotatable bonds is 2. The van der Waals surface area contributed by atoms with Crippen LogP contribution in [0.4, 0.5) is 0 Å². The van der Waals surface area contributed by atoms with Crippen LogP contribution in [0, 0.1) is 6.92 Å². The van der Waals surface area contributed by atoms with Gasteiger partial charge in [0.25, 0.3) is 5.91 Å². The van der Waals surface area contributed by atoms with Crippen molar-refractivity contribution in [3.05, 3.63) is 34.3 Å². The van der Waals surface area contributed by atoms with Gasteiger partial charge < -0.3 is 15.2 Å². The summed E-state index contributed by atoms with van der Waals surface area (Å²) < 4.78 is 5.12. The van der Waals surface area contributed by atoms with Crippen molar-refractivity contribution in [3.8, 4) is 0 Å². The fraction of sp³-hybridized carbons (Fsp3) is 0.462. The van der Waals surface area contributed by atoms with Crippen LogP contribution >= 0.6 is 11.6 Å². The Morgan fingerprint density at radius 2 is 2.33 bits per heavy atom. The van der Waals surface area contributed by atoms with E-state index in [2.05, 4.69) is 5.32 Å². The SMILES string of the molecule is Cc1c(Cl)cccc1C(=O)N[C@@H]1CCOC[C@H]1O. The van der Waals surface area contributed by atoms with Crippen LogP contribution < -0.4 is 5.32 Å². The largest absolute Gasteiger partial charge is 0.389 e. The molecule has 2 N–H and O–H groups in total. The molecule has 0 bridgehead atoms. The molecule has 0 aliphatic carbocycles. The number of aliphatic hydroxyl groups is 1. The Morgan fingerprint density at radius 3 is 3.06 bits per heavy atom. The molecule has 18 heavy (non-hydrogen) atoms. The third-order valence-electron chi connectivity index (χ3n) is 3.16. The van der Waals surface area contributed by atoms with E-state index in [9.17, 15) is 9.90 Å². The molecule has 1 fully saturated rings. The number of hydrogen-bond donors (Lipinski definition) is 2. The van der Waals surface area contributed by atoms with Gasteiger partial charge in [0.15, 0.2) is 0 Å². The summed E-state index contributed by atoms with van der Waals surface area (Å²) >= 11 is 5.98. The average Bonchev–Trinajstić information content (AvgIpc) is 2.35. The Labute approximate surface area is 111 Å². The van der Waals surface area contributed by atoms with Crippen molar-refractivity contribution in [3.63, 3.8) is 0 Å². The van der Waals surface area contributed by atoms with Crippen molar-refractivity contribution in [2.75, 3.05) is 13.2 Å². The molecule has 0 aromatic heterocycles. The number of carbonyl (C=O) groups excluding carboxylic acids is 1. The molecule has 1 aliphatic rings. The van der Waals surface area contributed by atoms with Crippen LogP contribution in [0.2, 0.25) is 5.02 Å². The molecule has 0 saturated carbocycles. The van der Waals surface area contributed by atoms with Gasteiger partial charge in [-0.1, -0.05) is 17.7 Å². The van der Waals surface area contributed by atoms with E-state index < -0.39 is 6.10 Å². The van der Waals surface area contributed by atoms with E-state index in [4.69, 9.17) is 16.3 Å². The Morgan fingerprint density at radius 1 is 1.56 bits per heavy atom. The van der Waals surface area contributed by atoms with Gasteiger partial charge in [-0.15, -0.1) is 0 Å². The summed E-state index contributed by atoms with van der Waals surface area (Å²) in [6.07, 6.45) is -0.0332. The maximum absolute atomic E-state index is 12.1.